The second-order valence-corrected chi connectivity index (χ2v) is 9.98. The third-order valence-electron chi connectivity index (χ3n) is 6.42. The number of nitrogens with two attached hydrogens (primary N) is 1. The summed E-state index contributed by atoms with van der Waals surface area (Å²) < 4.78 is 0. The Morgan fingerprint density at radius 2 is 1.90 bits per heavy atom. The lowest BCUT2D eigenvalue weighted by atomic mass is 9.79. The van der Waals surface area contributed by atoms with Gasteiger partial charge < -0.3 is 20.8 Å². The Hall–Kier alpha value is -1.28. The van der Waals surface area contributed by atoms with Crippen molar-refractivity contribution in [3.05, 3.63) is 29.3 Å². The summed E-state index contributed by atoms with van der Waals surface area (Å²) >= 11 is 7.50. The van der Waals surface area contributed by atoms with Crippen molar-refractivity contribution in [3.8, 4) is 0 Å². The molecule has 2 saturated carbocycles. The molecule has 1 aliphatic heterocycles. The quantitative estimate of drug-likeness (QED) is 0.672. The number of rotatable bonds is 4. The van der Waals surface area contributed by atoms with E-state index in [1.807, 2.05) is 12.1 Å². The first-order valence-corrected chi connectivity index (χ1v) is 11.6. The number of hydrogen-bond donors (Lipinski definition) is 3. The van der Waals surface area contributed by atoms with Gasteiger partial charge in [0.15, 0.2) is 5.17 Å². The third-order valence-corrected chi connectivity index (χ3v) is 8.08. The molecule has 4 N–H and O–H groups in total. The number of aliphatic hydroxyl groups is 2. The summed E-state index contributed by atoms with van der Waals surface area (Å²) in [6.07, 6.45) is 4.33. The molecule has 8 heteroatoms. The van der Waals surface area contributed by atoms with E-state index in [1.165, 1.54) is 31.0 Å². The Bertz CT molecular complexity index is 769. The molecule has 0 spiro atoms. The summed E-state index contributed by atoms with van der Waals surface area (Å²) in [5.41, 5.74) is 6.43. The molecule has 1 heterocycles. The van der Waals surface area contributed by atoms with Crippen molar-refractivity contribution in [2.24, 2.45) is 22.6 Å². The van der Waals surface area contributed by atoms with Crippen molar-refractivity contribution in [2.75, 3.05) is 6.54 Å². The fourth-order valence-electron chi connectivity index (χ4n) is 4.87. The number of carbonyl (C=O) groups excluding carboxylic acids is 1. The number of nitrogens with zero attached hydrogens (tertiary/aromatic N) is 2. The van der Waals surface area contributed by atoms with Crippen molar-refractivity contribution in [3.63, 3.8) is 0 Å². The molecule has 0 bridgehead atoms. The summed E-state index contributed by atoms with van der Waals surface area (Å²) in [7, 11) is 0. The van der Waals surface area contributed by atoms with Crippen LogP contribution in [0.2, 0.25) is 5.02 Å². The molecule has 4 rings (SSSR count). The van der Waals surface area contributed by atoms with Crippen LogP contribution in [0.3, 0.4) is 0 Å². The zero-order valence-corrected chi connectivity index (χ0v) is 17.9. The monoisotopic (exact) mass is 437 g/mol. The lowest BCUT2D eigenvalue weighted by Gasteiger charge is -2.42. The minimum Gasteiger partial charge on any atom is -0.390 e. The highest BCUT2D eigenvalue weighted by molar-refractivity contribution is 8.14. The first-order chi connectivity index (χ1) is 13.9. The second-order valence-electron chi connectivity index (χ2n) is 8.40. The van der Waals surface area contributed by atoms with Gasteiger partial charge in [-0.1, -0.05) is 42.6 Å². The van der Waals surface area contributed by atoms with Gasteiger partial charge in [-0.05, 0) is 49.4 Å². The molecule has 1 aromatic rings. The van der Waals surface area contributed by atoms with Gasteiger partial charge in [0.25, 0.3) is 0 Å². The number of aliphatic imine (C=N–C) groups is 1. The maximum absolute atomic E-state index is 12.1. The van der Waals surface area contributed by atoms with Crippen molar-refractivity contribution in [1.82, 2.24) is 4.90 Å². The van der Waals surface area contributed by atoms with Crippen LogP contribution in [-0.2, 0) is 4.79 Å². The van der Waals surface area contributed by atoms with Gasteiger partial charge in [-0.25, -0.2) is 4.99 Å². The first-order valence-electron chi connectivity index (χ1n) is 10.4. The van der Waals surface area contributed by atoms with Crippen LogP contribution in [0.1, 0.15) is 38.5 Å². The molecule has 5 unspecified atom stereocenters. The lowest BCUT2D eigenvalue weighted by molar-refractivity contribution is -0.128. The number of hydrogen-bond acceptors (Lipinski definition) is 5. The summed E-state index contributed by atoms with van der Waals surface area (Å²) in [5.74, 6) is -0.393. The highest BCUT2D eigenvalue weighted by Gasteiger charge is 2.54. The Balaban J connectivity index is 1.68. The van der Waals surface area contributed by atoms with Crippen LogP contribution in [-0.4, -0.2) is 56.2 Å². The first kappa shape index (κ1) is 21.0. The van der Waals surface area contributed by atoms with Crippen LogP contribution >= 0.6 is 23.4 Å². The summed E-state index contributed by atoms with van der Waals surface area (Å²) in [6, 6.07) is 6.93. The van der Waals surface area contributed by atoms with Crippen LogP contribution in [0.4, 0.5) is 5.69 Å². The number of primary amides is 1. The average Bonchev–Trinajstić information content (AvgIpc) is 3.05. The maximum Gasteiger partial charge on any atom is 0.221 e. The number of thioether (sulfide) groups is 1. The van der Waals surface area contributed by atoms with Gasteiger partial charge in [-0.3, -0.25) is 4.79 Å². The van der Waals surface area contributed by atoms with E-state index in [0.717, 1.165) is 30.2 Å². The van der Waals surface area contributed by atoms with Gasteiger partial charge in [-0.15, -0.1) is 0 Å². The van der Waals surface area contributed by atoms with Gasteiger partial charge in [0.2, 0.25) is 5.91 Å². The van der Waals surface area contributed by atoms with Crippen LogP contribution in [0, 0.1) is 11.8 Å². The molecule has 3 aliphatic rings. The Kier molecular flexibility index (Phi) is 6.39. The molecular formula is C21H28ClN3O3S. The number of halogens is 1. The standard InChI is InChI=1S/C21H28ClN3O3S/c22-13-6-8-14(9-7-13)24-21-25(11-12-4-2-1-3-5-12)17-18(27)16(26)10-15(20(23)28)19(17)29-21/h6-9,12,15-19,26-27H,1-5,10-11H2,(H2,23,28). The van der Waals surface area contributed by atoms with Gasteiger partial charge in [0, 0.05) is 16.8 Å². The minimum absolute atomic E-state index is 0.191. The average molecular weight is 438 g/mol. The molecule has 1 amide bonds. The summed E-state index contributed by atoms with van der Waals surface area (Å²) in [5, 5.41) is 22.5. The Labute approximate surface area is 180 Å². The Morgan fingerprint density at radius 1 is 1.21 bits per heavy atom. The number of amidine groups is 1. The smallest absolute Gasteiger partial charge is 0.221 e. The van der Waals surface area contributed by atoms with Gasteiger partial charge in [0.1, 0.15) is 6.10 Å². The molecular weight excluding hydrogens is 410 g/mol. The van der Waals surface area contributed by atoms with Gasteiger partial charge in [0.05, 0.1) is 23.8 Å². The van der Waals surface area contributed by atoms with E-state index in [-0.39, 0.29) is 17.7 Å². The van der Waals surface area contributed by atoms with Gasteiger partial charge >= 0.3 is 0 Å². The molecule has 0 aromatic heterocycles. The number of amides is 1. The second kappa shape index (κ2) is 8.84. The number of fused-ring (bicyclic) bond motifs is 1. The third kappa shape index (κ3) is 4.43. The molecule has 29 heavy (non-hydrogen) atoms. The van der Waals surface area contributed by atoms with Crippen molar-refractivity contribution in [2.45, 2.75) is 62.0 Å². The highest BCUT2D eigenvalue weighted by atomic mass is 35.5. The van der Waals surface area contributed by atoms with E-state index in [1.54, 1.807) is 12.1 Å². The van der Waals surface area contributed by atoms with Crippen LogP contribution in [0.5, 0.6) is 0 Å². The zero-order valence-electron chi connectivity index (χ0n) is 16.3. The molecule has 3 fully saturated rings. The lowest BCUT2D eigenvalue weighted by Crippen LogP contribution is -2.59. The SMILES string of the molecule is NC(=O)C1CC(O)C(O)C2C1SC(=Nc1ccc(Cl)cc1)N2CC1CCCCC1. The van der Waals surface area contributed by atoms with E-state index < -0.39 is 24.0 Å². The van der Waals surface area contributed by atoms with E-state index >= 15 is 0 Å². The molecule has 158 valence electrons. The fraction of sp³-hybridized carbons (Fsp3) is 0.619. The van der Waals surface area contributed by atoms with Crippen molar-refractivity contribution >= 4 is 40.1 Å². The van der Waals surface area contributed by atoms with Crippen molar-refractivity contribution < 1.29 is 15.0 Å². The van der Waals surface area contributed by atoms with E-state index in [9.17, 15) is 15.0 Å². The number of carbonyl (C=O) groups is 1. The summed E-state index contributed by atoms with van der Waals surface area (Å²) in [4.78, 5) is 19.0. The predicted octanol–water partition coefficient (Wildman–Crippen LogP) is 2.92. The number of aliphatic hydroxyl groups excluding tert-OH is 2. The topological polar surface area (TPSA) is 99.2 Å². The molecule has 2 aliphatic carbocycles. The molecule has 1 saturated heterocycles. The van der Waals surface area contributed by atoms with E-state index in [4.69, 9.17) is 22.3 Å². The summed E-state index contributed by atoms with van der Waals surface area (Å²) in [6.45, 7) is 0.774. The molecule has 1 aromatic carbocycles. The number of benzene rings is 1. The zero-order chi connectivity index (χ0) is 20.5. The minimum atomic E-state index is -0.960. The Morgan fingerprint density at radius 3 is 2.55 bits per heavy atom. The predicted molar refractivity (Wildman–Crippen MR) is 116 cm³/mol. The maximum atomic E-state index is 12.1. The van der Waals surface area contributed by atoms with Crippen LogP contribution < -0.4 is 5.73 Å². The molecule has 5 atom stereocenters. The van der Waals surface area contributed by atoms with Crippen LogP contribution in [0.25, 0.3) is 0 Å². The van der Waals surface area contributed by atoms with Crippen LogP contribution in [0.15, 0.2) is 29.3 Å². The van der Waals surface area contributed by atoms with E-state index in [2.05, 4.69) is 4.90 Å². The normalized spacial score (nSPS) is 34.4. The largest absolute Gasteiger partial charge is 0.390 e. The molecule has 0 radical (unpaired) electrons. The van der Waals surface area contributed by atoms with Gasteiger partial charge in [-0.2, -0.15) is 0 Å². The fourth-order valence-corrected chi connectivity index (χ4v) is 6.58. The van der Waals surface area contributed by atoms with Crippen molar-refractivity contribution in [1.29, 1.82) is 0 Å². The molecule has 6 nitrogen and oxygen atoms in total. The highest BCUT2D eigenvalue weighted by Crippen LogP contribution is 2.45. The van der Waals surface area contributed by atoms with E-state index in [0.29, 0.717) is 10.9 Å².